The zero-order valence-corrected chi connectivity index (χ0v) is 24.2. The van der Waals surface area contributed by atoms with E-state index in [2.05, 4.69) is 34.1 Å². The zero-order valence-electron chi connectivity index (χ0n) is 24.2. The average Bonchev–Trinajstić information content (AvgIpc) is 3.03. The molecule has 0 spiro atoms. The van der Waals surface area contributed by atoms with Gasteiger partial charge in [0.15, 0.2) is 0 Å². The summed E-state index contributed by atoms with van der Waals surface area (Å²) in [7, 11) is 0. The molecule has 4 aromatic carbocycles. The highest BCUT2D eigenvalue weighted by atomic mass is 16.4. The van der Waals surface area contributed by atoms with E-state index in [1.54, 1.807) is 12.1 Å². The SMILES string of the molecule is Cc1cccc(C[C@H](NNC(=O)C(c2ccccc2)c2ccccc2)C(=O)N[C@H](C#N)CC#Cc2cccc(C(=O)O)c2)c1. The summed E-state index contributed by atoms with van der Waals surface area (Å²) in [6, 6.07) is 32.9. The number of carboxylic acids is 1. The Morgan fingerprint density at radius 2 is 1.48 bits per heavy atom. The van der Waals surface area contributed by atoms with Crippen LogP contribution in [0.5, 0.6) is 0 Å². The van der Waals surface area contributed by atoms with Crippen LogP contribution >= 0.6 is 0 Å². The van der Waals surface area contributed by atoms with Crippen molar-refractivity contribution in [1.29, 1.82) is 5.26 Å². The van der Waals surface area contributed by atoms with Gasteiger partial charge in [0.25, 0.3) is 0 Å². The minimum absolute atomic E-state index is 0.0210. The smallest absolute Gasteiger partial charge is 0.335 e. The molecule has 0 aromatic heterocycles. The first-order valence-electron chi connectivity index (χ1n) is 14.1. The Labute approximate surface area is 256 Å². The van der Waals surface area contributed by atoms with Crippen LogP contribution in [0.3, 0.4) is 0 Å². The molecular weight excluding hydrogens is 552 g/mol. The summed E-state index contributed by atoms with van der Waals surface area (Å²) in [6.45, 7) is 1.95. The lowest BCUT2D eigenvalue weighted by Gasteiger charge is -2.23. The zero-order chi connectivity index (χ0) is 31.3. The van der Waals surface area contributed by atoms with Gasteiger partial charge in [-0.1, -0.05) is 108 Å². The average molecular weight is 585 g/mol. The Morgan fingerprint density at radius 3 is 2.09 bits per heavy atom. The molecule has 0 fully saturated rings. The summed E-state index contributed by atoms with van der Waals surface area (Å²) >= 11 is 0. The fourth-order valence-electron chi connectivity index (χ4n) is 4.69. The first kappa shape index (κ1) is 31.2. The van der Waals surface area contributed by atoms with Crippen LogP contribution in [-0.2, 0) is 16.0 Å². The number of rotatable bonds is 11. The van der Waals surface area contributed by atoms with Crippen LogP contribution in [0.25, 0.3) is 0 Å². The van der Waals surface area contributed by atoms with E-state index in [0.717, 1.165) is 22.3 Å². The Bertz CT molecular complexity index is 1670. The molecule has 0 saturated heterocycles. The molecule has 0 bridgehead atoms. The van der Waals surface area contributed by atoms with Crippen molar-refractivity contribution in [3.05, 3.63) is 143 Å². The third-order valence-electron chi connectivity index (χ3n) is 6.86. The van der Waals surface area contributed by atoms with Crippen molar-refractivity contribution in [2.24, 2.45) is 0 Å². The number of carboxylic acid groups (broad SMARTS) is 1. The maximum absolute atomic E-state index is 13.6. The van der Waals surface area contributed by atoms with E-state index in [9.17, 15) is 24.8 Å². The molecule has 0 saturated carbocycles. The summed E-state index contributed by atoms with van der Waals surface area (Å²) < 4.78 is 0. The van der Waals surface area contributed by atoms with Crippen molar-refractivity contribution in [2.75, 3.05) is 0 Å². The number of carbonyl (C=O) groups excluding carboxylic acids is 2. The van der Waals surface area contributed by atoms with E-state index in [-0.39, 0.29) is 24.3 Å². The van der Waals surface area contributed by atoms with Crippen LogP contribution in [0.15, 0.2) is 109 Å². The number of benzene rings is 4. The number of amides is 2. The maximum Gasteiger partial charge on any atom is 0.335 e. The first-order chi connectivity index (χ1) is 21.3. The number of aryl methyl sites for hydroxylation is 1. The van der Waals surface area contributed by atoms with E-state index >= 15 is 0 Å². The van der Waals surface area contributed by atoms with Gasteiger partial charge >= 0.3 is 5.97 Å². The number of hydrogen-bond donors (Lipinski definition) is 4. The second-order valence-corrected chi connectivity index (χ2v) is 10.2. The van der Waals surface area contributed by atoms with Crippen LogP contribution in [0, 0.1) is 30.1 Å². The molecule has 4 aromatic rings. The lowest BCUT2D eigenvalue weighted by molar-refractivity contribution is -0.126. The fourth-order valence-corrected chi connectivity index (χ4v) is 4.69. The van der Waals surface area contributed by atoms with Gasteiger partial charge in [-0.2, -0.15) is 5.26 Å². The Balaban J connectivity index is 1.49. The molecule has 44 heavy (non-hydrogen) atoms. The molecule has 0 aliphatic heterocycles. The third-order valence-corrected chi connectivity index (χ3v) is 6.86. The molecule has 0 unspecified atom stereocenters. The maximum atomic E-state index is 13.6. The topological polar surface area (TPSA) is 131 Å². The predicted molar refractivity (Wildman–Crippen MR) is 167 cm³/mol. The van der Waals surface area contributed by atoms with Gasteiger partial charge in [-0.25, -0.2) is 10.2 Å². The summed E-state index contributed by atoms with van der Waals surface area (Å²) in [5.74, 6) is 3.20. The number of nitriles is 1. The molecule has 2 amide bonds. The van der Waals surface area contributed by atoms with Crippen molar-refractivity contribution in [3.63, 3.8) is 0 Å². The van der Waals surface area contributed by atoms with Crippen molar-refractivity contribution < 1.29 is 19.5 Å². The van der Waals surface area contributed by atoms with Crippen LogP contribution in [0.2, 0.25) is 0 Å². The van der Waals surface area contributed by atoms with E-state index in [1.165, 1.54) is 12.1 Å². The highest BCUT2D eigenvalue weighted by Crippen LogP contribution is 2.24. The van der Waals surface area contributed by atoms with E-state index in [0.29, 0.717) is 5.56 Å². The lowest BCUT2D eigenvalue weighted by atomic mass is 9.91. The molecule has 220 valence electrons. The summed E-state index contributed by atoms with van der Waals surface area (Å²) in [5.41, 5.74) is 9.78. The minimum atomic E-state index is -1.06. The van der Waals surface area contributed by atoms with Gasteiger partial charge in [0.2, 0.25) is 11.8 Å². The largest absolute Gasteiger partial charge is 0.478 e. The molecule has 4 rings (SSSR count). The molecular formula is C36H32N4O4. The highest BCUT2D eigenvalue weighted by molar-refractivity contribution is 5.88. The van der Waals surface area contributed by atoms with Gasteiger partial charge in [0.05, 0.1) is 17.6 Å². The Kier molecular flexibility index (Phi) is 11.0. The molecule has 8 nitrogen and oxygen atoms in total. The van der Waals surface area contributed by atoms with E-state index in [4.69, 9.17) is 0 Å². The molecule has 4 N–H and O–H groups in total. The van der Waals surface area contributed by atoms with E-state index in [1.807, 2.05) is 91.9 Å². The molecule has 0 radical (unpaired) electrons. The first-order valence-corrected chi connectivity index (χ1v) is 14.1. The van der Waals surface area contributed by atoms with E-state index < -0.39 is 29.9 Å². The minimum Gasteiger partial charge on any atom is -0.478 e. The number of hydrogen-bond acceptors (Lipinski definition) is 5. The summed E-state index contributed by atoms with van der Waals surface area (Å²) in [6.07, 6.45) is 0.272. The standard InChI is InChI=1S/C36H32N4O4/c1-25-11-8-14-27(21-25)23-32(34(41)38-31(24-37)20-10-13-26-12-9-19-30(22-26)36(43)44)39-40-35(42)33(28-15-4-2-5-16-28)29-17-6-3-7-18-29/h2-9,11-12,14-19,21-22,31-33,39H,20,23H2,1H3,(H,38,41)(H,40,42)(H,43,44)/t31-,32-/m0/s1. The second-order valence-electron chi connectivity index (χ2n) is 10.2. The molecule has 8 heteroatoms. The number of nitrogens with zero attached hydrogens (tertiary/aromatic N) is 1. The van der Waals surface area contributed by atoms with Gasteiger partial charge in [-0.15, -0.1) is 0 Å². The van der Waals surface area contributed by atoms with Crippen molar-refractivity contribution in [2.45, 2.75) is 37.8 Å². The highest BCUT2D eigenvalue weighted by Gasteiger charge is 2.26. The molecule has 0 aliphatic rings. The normalized spacial score (nSPS) is 11.8. The van der Waals surface area contributed by atoms with Gasteiger partial charge < -0.3 is 10.4 Å². The number of hydrazine groups is 1. The quantitative estimate of drug-likeness (QED) is 0.152. The van der Waals surface area contributed by atoms with Gasteiger partial charge in [-0.3, -0.25) is 15.0 Å². The Morgan fingerprint density at radius 1 is 0.818 bits per heavy atom. The lowest BCUT2D eigenvalue weighted by Crippen LogP contribution is -2.55. The molecule has 0 heterocycles. The van der Waals surface area contributed by atoms with Crippen LogP contribution in [-0.4, -0.2) is 35.0 Å². The number of nitrogens with one attached hydrogen (secondary N) is 3. The van der Waals surface area contributed by atoms with Crippen molar-refractivity contribution in [1.82, 2.24) is 16.2 Å². The monoisotopic (exact) mass is 584 g/mol. The van der Waals surface area contributed by atoms with Gasteiger partial charge in [0.1, 0.15) is 12.1 Å². The van der Waals surface area contributed by atoms with Crippen LogP contribution < -0.4 is 16.2 Å². The van der Waals surface area contributed by atoms with Crippen molar-refractivity contribution >= 4 is 17.8 Å². The van der Waals surface area contributed by atoms with Crippen LogP contribution in [0.4, 0.5) is 0 Å². The predicted octanol–water partition coefficient (Wildman–Crippen LogP) is 4.51. The van der Waals surface area contributed by atoms with Crippen molar-refractivity contribution in [3.8, 4) is 17.9 Å². The summed E-state index contributed by atoms with van der Waals surface area (Å²) in [5, 5.41) is 21.6. The third kappa shape index (κ3) is 8.90. The Hall–Kier alpha value is -5.70. The van der Waals surface area contributed by atoms with Gasteiger partial charge in [-0.05, 0) is 48.2 Å². The second kappa shape index (κ2) is 15.5. The fraction of sp³-hybridized carbons (Fsp3) is 0.167. The number of carbonyl (C=O) groups is 3. The van der Waals surface area contributed by atoms with Gasteiger partial charge in [0, 0.05) is 12.0 Å². The summed E-state index contributed by atoms with van der Waals surface area (Å²) in [4.78, 5) is 38.3. The number of aromatic carboxylic acids is 1. The van der Waals surface area contributed by atoms with Crippen LogP contribution in [0.1, 0.15) is 50.5 Å². The molecule has 2 atom stereocenters. The molecule has 0 aliphatic carbocycles.